The Morgan fingerprint density at radius 3 is 1.79 bits per heavy atom. The van der Waals surface area contributed by atoms with Crippen molar-refractivity contribution in [1.29, 1.82) is 0 Å². The topological polar surface area (TPSA) is 58.2 Å². The zero-order valence-corrected chi connectivity index (χ0v) is 10.2. The van der Waals surface area contributed by atoms with Gasteiger partial charge in [-0.25, -0.2) is 4.79 Å². The molecule has 0 saturated heterocycles. The SMILES string of the molecule is CC(C)(C)NC(=O)NC(=O)C(Cl)(Cl)Cl. The molecule has 0 spiro atoms. The lowest BCUT2D eigenvalue weighted by atomic mass is 10.1. The zero-order chi connectivity index (χ0) is 11.6. The van der Waals surface area contributed by atoms with Crippen molar-refractivity contribution in [2.75, 3.05) is 0 Å². The van der Waals surface area contributed by atoms with Gasteiger partial charge in [0.05, 0.1) is 0 Å². The summed E-state index contributed by atoms with van der Waals surface area (Å²) < 4.78 is -2.13. The summed E-state index contributed by atoms with van der Waals surface area (Å²) >= 11 is 15.7. The van der Waals surface area contributed by atoms with Crippen molar-refractivity contribution in [1.82, 2.24) is 10.6 Å². The third-order valence-corrected chi connectivity index (χ3v) is 1.49. The summed E-state index contributed by atoms with van der Waals surface area (Å²) in [4.78, 5) is 22.1. The van der Waals surface area contributed by atoms with Crippen LogP contribution in [0.2, 0.25) is 0 Å². The van der Waals surface area contributed by atoms with Gasteiger partial charge < -0.3 is 5.32 Å². The van der Waals surface area contributed by atoms with Crippen LogP contribution in [-0.2, 0) is 4.79 Å². The molecule has 0 radical (unpaired) electrons. The van der Waals surface area contributed by atoms with Gasteiger partial charge in [-0.2, -0.15) is 0 Å². The van der Waals surface area contributed by atoms with Crippen LogP contribution in [-0.4, -0.2) is 21.3 Å². The number of hydrogen-bond donors (Lipinski definition) is 2. The van der Waals surface area contributed by atoms with Gasteiger partial charge in [-0.3, -0.25) is 10.1 Å². The number of amides is 3. The van der Waals surface area contributed by atoms with Crippen molar-refractivity contribution in [3.8, 4) is 0 Å². The lowest BCUT2D eigenvalue weighted by molar-refractivity contribution is -0.119. The maximum Gasteiger partial charge on any atom is 0.321 e. The molecule has 0 heterocycles. The molecule has 82 valence electrons. The van der Waals surface area contributed by atoms with Crippen LogP contribution >= 0.6 is 34.8 Å². The Morgan fingerprint density at radius 1 is 1.07 bits per heavy atom. The maximum absolute atomic E-state index is 11.1. The normalized spacial score (nSPS) is 12.1. The molecule has 0 saturated carbocycles. The lowest BCUT2D eigenvalue weighted by Crippen LogP contribution is -2.50. The molecule has 0 atom stereocenters. The van der Waals surface area contributed by atoms with Crippen LogP contribution < -0.4 is 10.6 Å². The summed E-state index contributed by atoms with van der Waals surface area (Å²) in [5.74, 6) is -0.982. The molecule has 0 aromatic heterocycles. The number of carbonyl (C=O) groups is 2. The van der Waals surface area contributed by atoms with E-state index >= 15 is 0 Å². The number of carbonyl (C=O) groups excluding carboxylic acids is 2. The molecule has 0 unspecified atom stereocenters. The minimum atomic E-state index is -2.13. The van der Waals surface area contributed by atoms with Gasteiger partial charge in [-0.15, -0.1) is 0 Å². The van der Waals surface area contributed by atoms with E-state index in [4.69, 9.17) is 34.8 Å². The smallest absolute Gasteiger partial charge is 0.321 e. The summed E-state index contributed by atoms with van der Waals surface area (Å²) in [5.41, 5.74) is -0.460. The van der Waals surface area contributed by atoms with E-state index in [-0.39, 0.29) is 0 Å². The molecule has 0 aliphatic carbocycles. The summed E-state index contributed by atoms with van der Waals surface area (Å²) in [7, 11) is 0. The average Bonchev–Trinajstić information content (AvgIpc) is 1.79. The van der Waals surface area contributed by atoms with Crippen LogP contribution in [0.25, 0.3) is 0 Å². The fourth-order valence-electron chi connectivity index (χ4n) is 0.546. The second-order valence-electron chi connectivity index (χ2n) is 3.66. The molecule has 0 aliphatic rings. The first-order valence-corrected chi connectivity index (χ1v) is 4.86. The third kappa shape index (κ3) is 6.29. The first-order valence-electron chi connectivity index (χ1n) is 3.73. The van der Waals surface area contributed by atoms with Gasteiger partial charge in [0.2, 0.25) is 0 Å². The highest BCUT2D eigenvalue weighted by Gasteiger charge is 2.32. The van der Waals surface area contributed by atoms with E-state index in [0.29, 0.717) is 0 Å². The van der Waals surface area contributed by atoms with Crippen LogP contribution in [0.15, 0.2) is 0 Å². The first-order chi connectivity index (χ1) is 6.02. The van der Waals surface area contributed by atoms with E-state index in [2.05, 4.69) is 5.32 Å². The highest BCUT2D eigenvalue weighted by molar-refractivity contribution is 6.76. The molecule has 0 rings (SSSR count). The minimum absolute atomic E-state index is 0.460. The zero-order valence-electron chi connectivity index (χ0n) is 7.95. The number of halogens is 3. The molecule has 4 nitrogen and oxygen atoms in total. The van der Waals surface area contributed by atoms with Crippen molar-refractivity contribution in [3.05, 3.63) is 0 Å². The molecule has 2 N–H and O–H groups in total. The molecule has 3 amide bonds. The number of urea groups is 1. The van der Waals surface area contributed by atoms with Crippen molar-refractivity contribution in [2.45, 2.75) is 30.1 Å². The standard InChI is InChI=1S/C7H11Cl3N2O2/c1-6(2,3)12-5(14)11-4(13)7(8,9)10/h1-3H3,(H2,11,12,13,14). The highest BCUT2D eigenvalue weighted by Crippen LogP contribution is 2.25. The summed E-state index contributed by atoms with van der Waals surface area (Å²) in [6, 6.07) is -0.700. The number of imide groups is 1. The number of rotatable bonds is 0. The van der Waals surface area contributed by atoms with Crippen LogP contribution in [0.5, 0.6) is 0 Å². The van der Waals surface area contributed by atoms with Gasteiger partial charge in [0, 0.05) is 5.54 Å². The Balaban J connectivity index is 4.16. The van der Waals surface area contributed by atoms with Crippen LogP contribution in [0.4, 0.5) is 4.79 Å². The second-order valence-corrected chi connectivity index (χ2v) is 5.94. The monoisotopic (exact) mass is 260 g/mol. The lowest BCUT2D eigenvalue weighted by Gasteiger charge is -2.21. The number of hydrogen-bond acceptors (Lipinski definition) is 2. The second kappa shape index (κ2) is 4.55. The van der Waals surface area contributed by atoms with E-state index in [9.17, 15) is 9.59 Å². The molecule has 0 aromatic carbocycles. The Bertz CT molecular complexity index is 242. The fourth-order valence-corrected chi connectivity index (χ4v) is 0.688. The summed E-state index contributed by atoms with van der Waals surface area (Å²) in [5, 5.41) is 4.37. The van der Waals surface area contributed by atoms with Crippen molar-refractivity contribution >= 4 is 46.7 Å². The molecule has 0 bridgehead atoms. The molecular weight excluding hydrogens is 250 g/mol. The van der Waals surface area contributed by atoms with Gasteiger partial charge in [0.25, 0.3) is 9.70 Å². The molecule has 0 aromatic rings. The Morgan fingerprint density at radius 2 is 1.50 bits per heavy atom. The highest BCUT2D eigenvalue weighted by atomic mass is 35.6. The van der Waals surface area contributed by atoms with Crippen LogP contribution in [0, 0.1) is 0 Å². The van der Waals surface area contributed by atoms with Gasteiger partial charge in [-0.1, -0.05) is 34.8 Å². The van der Waals surface area contributed by atoms with Crippen LogP contribution in [0.3, 0.4) is 0 Å². The van der Waals surface area contributed by atoms with E-state index in [0.717, 1.165) is 0 Å². The Kier molecular flexibility index (Phi) is 4.49. The molecule has 0 fully saturated rings. The molecule has 14 heavy (non-hydrogen) atoms. The van der Waals surface area contributed by atoms with Gasteiger partial charge in [-0.05, 0) is 20.8 Å². The van der Waals surface area contributed by atoms with Gasteiger partial charge >= 0.3 is 6.03 Å². The molecular formula is C7H11Cl3N2O2. The van der Waals surface area contributed by atoms with Gasteiger partial charge in [0.1, 0.15) is 0 Å². The fraction of sp³-hybridized carbons (Fsp3) is 0.714. The average molecular weight is 262 g/mol. The largest absolute Gasteiger partial charge is 0.333 e. The molecule has 0 aliphatic heterocycles. The van der Waals surface area contributed by atoms with Crippen molar-refractivity contribution in [2.24, 2.45) is 0 Å². The maximum atomic E-state index is 11.1. The summed E-state index contributed by atoms with van der Waals surface area (Å²) in [6.45, 7) is 5.27. The van der Waals surface area contributed by atoms with Gasteiger partial charge in [0.15, 0.2) is 0 Å². The quantitative estimate of drug-likeness (QED) is 0.655. The number of alkyl halides is 3. The van der Waals surface area contributed by atoms with Crippen molar-refractivity contribution in [3.63, 3.8) is 0 Å². The number of nitrogens with one attached hydrogen (secondary N) is 2. The first kappa shape index (κ1) is 13.8. The van der Waals surface area contributed by atoms with E-state index in [1.54, 1.807) is 20.8 Å². The van der Waals surface area contributed by atoms with E-state index in [1.165, 1.54) is 0 Å². The Hall–Kier alpha value is -0.190. The molecule has 7 heteroatoms. The summed E-state index contributed by atoms with van der Waals surface area (Å²) in [6.07, 6.45) is 0. The predicted octanol–water partition coefficient (Wildman–Crippen LogP) is 1.98. The predicted molar refractivity (Wildman–Crippen MR) is 56.7 cm³/mol. The third-order valence-electron chi connectivity index (χ3n) is 0.973. The van der Waals surface area contributed by atoms with Crippen molar-refractivity contribution < 1.29 is 9.59 Å². The van der Waals surface area contributed by atoms with Crippen LogP contribution in [0.1, 0.15) is 20.8 Å². The minimum Gasteiger partial charge on any atom is -0.333 e. The Labute approximate surface area is 97.3 Å². The van der Waals surface area contributed by atoms with E-state index in [1.807, 2.05) is 5.32 Å². The van der Waals surface area contributed by atoms with E-state index < -0.39 is 21.3 Å².